The maximum Gasteiger partial charge on any atom is 0.251 e. The number of aryl methyl sites for hydroxylation is 1. The minimum atomic E-state index is -0.164. The van der Waals surface area contributed by atoms with E-state index >= 15 is 0 Å². The van der Waals surface area contributed by atoms with Crippen molar-refractivity contribution in [3.05, 3.63) is 65.2 Å². The van der Waals surface area contributed by atoms with E-state index in [9.17, 15) is 9.59 Å². The Kier molecular flexibility index (Phi) is 7.46. The molecule has 0 aliphatic carbocycles. The van der Waals surface area contributed by atoms with Gasteiger partial charge in [0.15, 0.2) is 0 Å². The molecule has 0 aliphatic rings. The quantitative estimate of drug-likeness (QED) is 0.679. The van der Waals surface area contributed by atoms with Gasteiger partial charge in [-0.2, -0.15) is 0 Å². The lowest BCUT2D eigenvalue weighted by molar-refractivity contribution is -0.117. The molecule has 26 heavy (non-hydrogen) atoms. The van der Waals surface area contributed by atoms with Crippen LogP contribution in [0.2, 0.25) is 0 Å². The van der Waals surface area contributed by atoms with Gasteiger partial charge in [0.2, 0.25) is 0 Å². The Morgan fingerprint density at radius 3 is 2.35 bits per heavy atom. The third-order valence-corrected chi connectivity index (χ3v) is 5.56. The number of nitrogens with one attached hydrogen (secondary N) is 1. The summed E-state index contributed by atoms with van der Waals surface area (Å²) in [5.74, 6) is 0.0148. The predicted molar refractivity (Wildman–Crippen MR) is 109 cm³/mol. The molecular formula is C22H27NO2S. The number of rotatable bonds is 8. The highest BCUT2D eigenvalue weighted by molar-refractivity contribution is 8.00. The van der Waals surface area contributed by atoms with Gasteiger partial charge in [0.05, 0.1) is 5.25 Å². The van der Waals surface area contributed by atoms with E-state index in [1.807, 2.05) is 70.2 Å². The van der Waals surface area contributed by atoms with Crippen molar-refractivity contribution < 1.29 is 9.59 Å². The standard InChI is InChI=1S/C22H27NO2S/c1-5-16(3)23-22(25)20-9-7-6-8-18(20)14-21(24)17(4)26-19-12-10-15(2)11-13-19/h6-13,16-17H,5,14H2,1-4H3,(H,23,25). The van der Waals surface area contributed by atoms with Crippen molar-refractivity contribution in [1.29, 1.82) is 0 Å². The van der Waals surface area contributed by atoms with E-state index in [0.29, 0.717) is 5.56 Å². The molecule has 0 bridgehead atoms. The van der Waals surface area contributed by atoms with Crippen LogP contribution in [0.15, 0.2) is 53.4 Å². The van der Waals surface area contributed by atoms with Crippen LogP contribution in [-0.4, -0.2) is 23.0 Å². The molecule has 0 aliphatic heterocycles. The third kappa shape index (κ3) is 5.73. The van der Waals surface area contributed by atoms with Crippen molar-refractivity contribution in [2.45, 2.75) is 56.7 Å². The van der Waals surface area contributed by atoms with Crippen LogP contribution >= 0.6 is 11.8 Å². The zero-order chi connectivity index (χ0) is 19.1. The molecule has 2 unspecified atom stereocenters. The van der Waals surface area contributed by atoms with Gasteiger partial charge in [-0.3, -0.25) is 9.59 Å². The second-order valence-electron chi connectivity index (χ2n) is 6.66. The maximum atomic E-state index is 12.7. The highest BCUT2D eigenvalue weighted by Gasteiger charge is 2.19. The first-order valence-electron chi connectivity index (χ1n) is 9.05. The topological polar surface area (TPSA) is 46.2 Å². The van der Waals surface area contributed by atoms with Gasteiger partial charge >= 0.3 is 0 Å². The van der Waals surface area contributed by atoms with Crippen molar-refractivity contribution >= 4 is 23.5 Å². The molecule has 3 nitrogen and oxygen atoms in total. The zero-order valence-corrected chi connectivity index (χ0v) is 16.7. The molecule has 4 heteroatoms. The smallest absolute Gasteiger partial charge is 0.251 e. The minimum Gasteiger partial charge on any atom is -0.350 e. The van der Waals surface area contributed by atoms with Crippen molar-refractivity contribution in [2.24, 2.45) is 0 Å². The summed E-state index contributed by atoms with van der Waals surface area (Å²) in [5.41, 5.74) is 2.58. The molecule has 1 N–H and O–H groups in total. The Labute approximate surface area is 160 Å². The molecule has 1 amide bonds. The molecule has 0 spiro atoms. The summed E-state index contributed by atoms with van der Waals surface area (Å²) in [4.78, 5) is 26.2. The van der Waals surface area contributed by atoms with Gasteiger partial charge < -0.3 is 5.32 Å². The van der Waals surface area contributed by atoms with Crippen LogP contribution in [0.5, 0.6) is 0 Å². The first-order chi connectivity index (χ1) is 12.4. The average Bonchev–Trinajstić information content (AvgIpc) is 2.63. The van der Waals surface area contributed by atoms with E-state index in [2.05, 4.69) is 5.32 Å². The van der Waals surface area contributed by atoms with E-state index in [1.54, 1.807) is 17.8 Å². The molecule has 138 valence electrons. The summed E-state index contributed by atoms with van der Waals surface area (Å²) >= 11 is 1.56. The van der Waals surface area contributed by atoms with Crippen LogP contribution in [0.4, 0.5) is 0 Å². The molecule has 0 saturated carbocycles. The number of thioether (sulfide) groups is 1. The predicted octanol–water partition coefficient (Wildman–Crippen LogP) is 4.82. The van der Waals surface area contributed by atoms with Gasteiger partial charge in [0.1, 0.15) is 5.78 Å². The molecule has 0 aromatic heterocycles. The number of benzene rings is 2. The van der Waals surface area contributed by atoms with E-state index in [0.717, 1.165) is 16.9 Å². The SMILES string of the molecule is CCC(C)NC(=O)c1ccccc1CC(=O)C(C)Sc1ccc(C)cc1. The number of hydrogen-bond donors (Lipinski definition) is 1. The maximum absolute atomic E-state index is 12.7. The Bertz CT molecular complexity index is 755. The van der Waals surface area contributed by atoms with Crippen LogP contribution in [0.3, 0.4) is 0 Å². The molecular weight excluding hydrogens is 342 g/mol. The molecule has 2 aromatic rings. The van der Waals surface area contributed by atoms with E-state index in [-0.39, 0.29) is 29.4 Å². The second-order valence-corrected chi connectivity index (χ2v) is 8.07. The van der Waals surface area contributed by atoms with Gasteiger partial charge in [0, 0.05) is 22.9 Å². The fraction of sp³-hybridized carbons (Fsp3) is 0.364. The van der Waals surface area contributed by atoms with Crippen molar-refractivity contribution in [1.82, 2.24) is 5.32 Å². The van der Waals surface area contributed by atoms with E-state index in [4.69, 9.17) is 0 Å². The molecule has 2 rings (SSSR count). The molecule has 2 aromatic carbocycles. The Morgan fingerprint density at radius 1 is 1.04 bits per heavy atom. The molecule has 0 fully saturated rings. The summed E-state index contributed by atoms with van der Waals surface area (Å²) in [7, 11) is 0. The van der Waals surface area contributed by atoms with Crippen molar-refractivity contribution in [2.75, 3.05) is 0 Å². The molecule has 0 radical (unpaired) electrons. The van der Waals surface area contributed by atoms with Crippen LogP contribution in [-0.2, 0) is 11.2 Å². The van der Waals surface area contributed by atoms with E-state index in [1.165, 1.54) is 5.56 Å². The van der Waals surface area contributed by atoms with Gasteiger partial charge in [-0.25, -0.2) is 0 Å². The lowest BCUT2D eigenvalue weighted by atomic mass is 10.0. The molecule has 0 saturated heterocycles. The molecule has 2 atom stereocenters. The van der Waals surface area contributed by atoms with Gasteiger partial charge in [-0.1, -0.05) is 42.8 Å². The monoisotopic (exact) mass is 369 g/mol. The minimum absolute atomic E-state index is 0.110. The number of amides is 1. The van der Waals surface area contributed by atoms with Crippen LogP contribution < -0.4 is 5.32 Å². The van der Waals surface area contributed by atoms with Crippen LogP contribution in [0, 0.1) is 6.92 Å². The van der Waals surface area contributed by atoms with Crippen molar-refractivity contribution in [3.8, 4) is 0 Å². The summed E-state index contributed by atoms with van der Waals surface area (Å²) in [6.45, 7) is 7.98. The zero-order valence-electron chi connectivity index (χ0n) is 15.9. The Balaban J connectivity index is 2.06. The fourth-order valence-electron chi connectivity index (χ4n) is 2.52. The Morgan fingerprint density at radius 2 is 1.69 bits per heavy atom. The van der Waals surface area contributed by atoms with Gasteiger partial charge in [-0.05, 0) is 51.0 Å². The van der Waals surface area contributed by atoms with Crippen LogP contribution in [0.1, 0.15) is 48.7 Å². The van der Waals surface area contributed by atoms with Gasteiger partial charge in [-0.15, -0.1) is 11.8 Å². The molecule has 0 heterocycles. The highest BCUT2D eigenvalue weighted by atomic mass is 32.2. The summed E-state index contributed by atoms with van der Waals surface area (Å²) in [6.07, 6.45) is 1.14. The highest BCUT2D eigenvalue weighted by Crippen LogP contribution is 2.25. The number of hydrogen-bond acceptors (Lipinski definition) is 3. The number of carbonyl (C=O) groups is 2. The number of carbonyl (C=O) groups excluding carboxylic acids is 2. The fourth-order valence-corrected chi connectivity index (χ4v) is 3.43. The lowest BCUT2D eigenvalue weighted by Crippen LogP contribution is -2.33. The summed E-state index contributed by atoms with van der Waals surface area (Å²) in [5, 5.41) is 2.81. The summed E-state index contributed by atoms with van der Waals surface area (Å²) < 4.78 is 0. The Hall–Kier alpha value is -2.07. The summed E-state index contributed by atoms with van der Waals surface area (Å²) in [6, 6.07) is 15.7. The first-order valence-corrected chi connectivity index (χ1v) is 9.93. The average molecular weight is 370 g/mol. The van der Waals surface area contributed by atoms with Crippen LogP contribution in [0.25, 0.3) is 0 Å². The number of Topliss-reactive ketones (excluding diaryl/α,β-unsaturated/α-hetero) is 1. The number of ketones is 1. The third-order valence-electron chi connectivity index (χ3n) is 4.40. The first kappa shape index (κ1) is 20.2. The van der Waals surface area contributed by atoms with Gasteiger partial charge in [0.25, 0.3) is 5.91 Å². The van der Waals surface area contributed by atoms with Crippen molar-refractivity contribution in [3.63, 3.8) is 0 Å². The second kappa shape index (κ2) is 9.58. The largest absolute Gasteiger partial charge is 0.350 e. The van der Waals surface area contributed by atoms with E-state index < -0.39 is 0 Å². The normalized spacial score (nSPS) is 13.1. The lowest BCUT2D eigenvalue weighted by Gasteiger charge is -2.15.